The minimum Gasteiger partial charge on any atom is -0.462 e. The Balaban J connectivity index is 4.04. The molecule has 0 heterocycles. The lowest BCUT2D eigenvalue weighted by molar-refractivity contribution is -0.167. The van der Waals surface area contributed by atoms with Gasteiger partial charge in [-0.1, -0.05) is 266 Å². The van der Waals surface area contributed by atoms with Gasteiger partial charge in [-0.05, 0) is 116 Å². The van der Waals surface area contributed by atoms with Gasteiger partial charge < -0.3 is 14.2 Å². The summed E-state index contributed by atoms with van der Waals surface area (Å²) in [7, 11) is 0. The van der Waals surface area contributed by atoms with E-state index in [4.69, 9.17) is 14.2 Å². The number of unbranched alkanes of at least 4 members (excludes halogenated alkanes) is 30. The van der Waals surface area contributed by atoms with Crippen LogP contribution in [0.2, 0.25) is 0 Å². The van der Waals surface area contributed by atoms with Crippen molar-refractivity contribution in [1.82, 2.24) is 0 Å². The number of carbonyl (C=O) groups is 3. The van der Waals surface area contributed by atoms with Crippen LogP contribution in [0.15, 0.2) is 97.2 Å². The van der Waals surface area contributed by atoms with Crippen LogP contribution in [-0.2, 0) is 28.6 Å². The third-order valence-corrected chi connectivity index (χ3v) is 13.5. The maximum atomic E-state index is 12.8. The molecule has 430 valence electrons. The molecule has 75 heavy (non-hydrogen) atoms. The van der Waals surface area contributed by atoms with Gasteiger partial charge in [0.1, 0.15) is 13.2 Å². The molecular formula is C69H118O6. The third kappa shape index (κ3) is 61.1. The smallest absolute Gasteiger partial charge is 0.306 e. The van der Waals surface area contributed by atoms with Gasteiger partial charge in [0.05, 0.1) is 0 Å². The highest BCUT2D eigenvalue weighted by Gasteiger charge is 2.19. The van der Waals surface area contributed by atoms with E-state index in [1.165, 1.54) is 141 Å². The van der Waals surface area contributed by atoms with Crippen LogP contribution in [0.4, 0.5) is 0 Å². The molecule has 0 saturated carbocycles. The van der Waals surface area contributed by atoms with Crippen molar-refractivity contribution in [3.05, 3.63) is 97.2 Å². The van der Waals surface area contributed by atoms with Crippen LogP contribution in [-0.4, -0.2) is 37.2 Å². The molecule has 0 aliphatic heterocycles. The van der Waals surface area contributed by atoms with Gasteiger partial charge in [-0.25, -0.2) is 0 Å². The van der Waals surface area contributed by atoms with Crippen LogP contribution < -0.4 is 0 Å². The highest BCUT2D eigenvalue weighted by molar-refractivity contribution is 5.71. The number of hydrogen-bond donors (Lipinski definition) is 0. The number of ether oxygens (including phenoxy) is 3. The highest BCUT2D eigenvalue weighted by atomic mass is 16.6. The first-order chi connectivity index (χ1) is 37.0. The molecule has 0 aliphatic carbocycles. The lowest BCUT2D eigenvalue weighted by Gasteiger charge is -2.18. The van der Waals surface area contributed by atoms with Gasteiger partial charge in [-0.2, -0.15) is 0 Å². The minimum atomic E-state index is -0.782. The normalized spacial score (nSPS) is 12.7. The maximum absolute atomic E-state index is 12.8. The number of allylic oxidation sites excluding steroid dienone is 16. The fourth-order valence-corrected chi connectivity index (χ4v) is 8.80. The first-order valence-electron chi connectivity index (χ1n) is 31.7. The second-order valence-electron chi connectivity index (χ2n) is 20.9. The molecular weight excluding hydrogens is 925 g/mol. The van der Waals surface area contributed by atoms with E-state index < -0.39 is 6.10 Å². The van der Waals surface area contributed by atoms with Gasteiger partial charge in [0.2, 0.25) is 0 Å². The van der Waals surface area contributed by atoms with Crippen molar-refractivity contribution in [2.75, 3.05) is 13.2 Å². The van der Waals surface area contributed by atoms with E-state index in [1.54, 1.807) is 0 Å². The Hall–Kier alpha value is -3.67. The number of hydrogen-bond acceptors (Lipinski definition) is 6. The van der Waals surface area contributed by atoms with Crippen molar-refractivity contribution < 1.29 is 28.6 Å². The van der Waals surface area contributed by atoms with E-state index in [0.717, 1.165) is 122 Å². The van der Waals surface area contributed by atoms with E-state index in [0.29, 0.717) is 19.3 Å². The number of rotatable bonds is 57. The molecule has 0 aromatic heterocycles. The Morgan fingerprint density at radius 3 is 0.880 bits per heavy atom. The van der Waals surface area contributed by atoms with Crippen LogP contribution in [0.25, 0.3) is 0 Å². The maximum Gasteiger partial charge on any atom is 0.306 e. The van der Waals surface area contributed by atoms with Crippen molar-refractivity contribution in [1.29, 1.82) is 0 Å². The predicted octanol–water partition coefficient (Wildman–Crippen LogP) is 21.7. The standard InChI is InChI=1S/C69H118O6/c1-4-7-10-13-16-19-22-24-25-26-27-28-29-30-31-32-33-34-35-36-37-38-39-40-41-42-43-44-45-46-48-50-53-56-59-62-68(71)74-65-66(64-73-67(70)61-58-55-52-49-21-18-15-12-9-6-3)75-69(72)63-60-57-54-51-47-23-20-17-14-11-8-5-2/h7,10,12,15-17,19-20,24-25,27-28,30-31,33-34,66H,4-6,8-9,11,13-14,18,21-23,26,29,32,35-65H2,1-3H3/b10-7-,15-12-,19-16-,20-17-,25-24-,28-27-,31-30-,34-33-. The molecule has 1 unspecified atom stereocenters. The van der Waals surface area contributed by atoms with Crippen molar-refractivity contribution in [3.63, 3.8) is 0 Å². The van der Waals surface area contributed by atoms with Crippen LogP contribution in [0.3, 0.4) is 0 Å². The monoisotopic (exact) mass is 1040 g/mol. The average Bonchev–Trinajstić information content (AvgIpc) is 3.41. The van der Waals surface area contributed by atoms with Gasteiger partial charge in [0.15, 0.2) is 6.10 Å². The summed E-state index contributed by atoms with van der Waals surface area (Å²) in [6, 6.07) is 0. The van der Waals surface area contributed by atoms with Gasteiger partial charge in [0.25, 0.3) is 0 Å². The summed E-state index contributed by atoms with van der Waals surface area (Å²) in [5.41, 5.74) is 0. The zero-order chi connectivity index (χ0) is 54.3. The van der Waals surface area contributed by atoms with Crippen molar-refractivity contribution in [3.8, 4) is 0 Å². The largest absolute Gasteiger partial charge is 0.462 e. The minimum absolute atomic E-state index is 0.0805. The summed E-state index contributed by atoms with van der Waals surface area (Å²) < 4.78 is 16.8. The summed E-state index contributed by atoms with van der Waals surface area (Å²) in [6.45, 7) is 6.44. The summed E-state index contributed by atoms with van der Waals surface area (Å²) in [5, 5.41) is 0. The molecule has 6 nitrogen and oxygen atoms in total. The lowest BCUT2D eigenvalue weighted by Crippen LogP contribution is -2.30. The lowest BCUT2D eigenvalue weighted by atomic mass is 10.0. The summed E-state index contributed by atoms with van der Waals surface area (Å²) >= 11 is 0. The molecule has 0 aromatic rings. The van der Waals surface area contributed by atoms with Gasteiger partial charge in [-0.3, -0.25) is 14.4 Å². The van der Waals surface area contributed by atoms with E-state index in [9.17, 15) is 14.4 Å². The Morgan fingerprint density at radius 1 is 0.280 bits per heavy atom. The molecule has 0 aliphatic rings. The summed E-state index contributed by atoms with van der Waals surface area (Å²) in [5.74, 6) is -0.894. The van der Waals surface area contributed by atoms with Gasteiger partial charge in [0, 0.05) is 19.3 Å². The Morgan fingerprint density at radius 2 is 0.547 bits per heavy atom. The molecule has 0 N–H and O–H groups in total. The Bertz CT molecular complexity index is 1480. The zero-order valence-corrected chi connectivity index (χ0v) is 49.3. The fourth-order valence-electron chi connectivity index (χ4n) is 8.80. The van der Waals surface area contributed by atoms with E-state index in [1.807, 2.05) is 0 Å². The second-order valence-corrected chi connectivity index (χ2v) is 20.9. The van der Waals surface area contributed by atoms with Crippen LogP contribution in [0.1, 0.15) is 303 Å². The van der Waals surface area contributed by atoms with Crippen molar-refractivity contribution in [2.45, 2.75) is 309 Å². The van der Waals surface area contributed by atoms with Crippen molar-refractivity contribution in [2.24, 2.45) is 0 Å². The Labute approximate surface area is 464 Å². The third-order valence-electron chi connectivity index (χ3n) is 13.5. The molecule has 0 bridgehead atoms. The molecule has 0 spiro atoms. The molecule has 0 fully saturated rings. The Kier molecular flexibility index (Phi) is 59.8. The SMILES string of the molecule is CC/C=C\C/C=C\C/C=C\C/C=C\C/C=C\C/C=C\CCCCCCCCCCCCCCCCCCC(=O)OCC(COC(=O)CCCCCCC/C=C\CCC)OC(=O)CCCCCCC/C=C\CCCCC. The van der Waals surface area contributed by atoms with Crippen LogP contribution >= 0.6 is 0 Å². The van der Waals surface area contributed by atoms with Crippen LogP contribution in [0, 0.1) is 0 Å². The first-order valence-corrected chi connectivity index (χ1v) is 31.7. The average molecular weight is 1040 g/mol. The highest BCUT2D eigenvalue weighted by Crippen LogP contribution is 2.16. The van der Waals surface area contributed by atoms with Crippen molar-refractivity contribution >= 4 is 17.9 Å². The number of carbonyl (C=O) groups excluding carboxylic acids is 3. The quantitative estimate of drug-likeness (QED) is 0.0261. The molecule has 0 aromatic carbocycles. The molecule has 0 rings (SSSR count). The molecule has 6 heteroatoms. The summed E-state index contributed by atoms with van der Waals surface area (Å²) in [4.78, 5) is 38.1. The molecule has 0 amide bonds. The topological polar surface area (TPSA) is 78.9 Å². The molecule has 0 radical (unpaired) electrons. The van der Waals surface area contributed by atoms with E-state index in [2.05, 4.69) is 118 Å². The van der Waals surface area contributed by atoms with Gasteiger partial charge in [-0.15, -0.1) is 0 Å². The number of esters is 3. The summed E-state index contributed by atoms with van der Waals surface area (Å²) in [6.07, 6.45) is 84.4. The first kappa shape index (κ1) is 71.3. The molecule has 1 atom stereocenters. The molecule has 0 saturated heterocycles. The zero-order valence-electron chi connectivity index (χ0n) is 49.3. The van der Waals surface area contributed by atoms with E-state index in [-0.39, 0.29) is 31.1 Å². The predicted molar refractivity (Wildman–Crippen MR) is 325 cm³/mol. The van der Waals surface area contributed by atoms with E-state index >= 15 is 0 Å². The van der Waals surface area contributed by atoms with Gasteiger partial charge >= 0.3 is 17.9 Å². The van der Waals surface area contributed by atoms with Crippen LogP contribution in [0.5, 0.6) is 0 Å². The second kappa shape index (κ2) is 62.9. The fraction of sp³-hybridized carbons (Fsp3) is 0.725.